The molecule has 0 unspecified atom stereocenters. The van der Waals surface area contributed by atoms with Gasteiger partial charge in [0.2, 0.25) is 0 Å². The predicted octanol–water partition coefficient (Wildman–Crippen LogP) is 3.89. The molecule has 2 heterocycles. The lowest BCUT2D eigenvalue weighted by molar-refractivity contribution is 0.0861. The third-order valence-electron chi connectivity index (χ3n) is 6.09. The van der Waals surface area contributed by atoms with Crippen LogP contribution in [-0.2, 0) is 23.6 Å². The van der Waals surface area contributed by atoms with Gasteiger partial charge >= 0.3 is 7.82 Å². The molecule has 2 saturated heterocycles. The second-order valence-electron chi connectivity index (χ2n) is 7.59. The van der Waals surface area contributed by atoms with Crippen molar-refractivity contribution in [2.24, 2.45) is 0 Å². The number of phosphoric acid groups is 1. The van der Waals surface area contributed by atoms with Crippen LogP contribution in [0.1, 0.15) is 31.2 Å². The van der Waals surface area contributed by atoms with Crippen LogP contribution >= 0.6 is 7.82 Å². The molecular weight excluding hydrogens is 381 g/mol. The van der Waals surface area contributed by atoms with Gasteiger partial charge in [-0.15, -0.1) is 0 Å². The lowest BCUT2D eigenvalue weighted by atomic mass is 9.68. The fourth-order valence-corrected chi connectivity index (χ4v) is 5.90. The van der Waals surface area contributed by atoms with Gasteiger partial charge in [-0.3, -0.25) is 13.9 Å². The Morgan fingerprint density at radius 2 is 1.89 bits per heavy atom. The van der Waals surface area contributed by atoms with Gasteiger partial charge in [0.15, 0.2) is 11.5 Å². The molecule has 1 aromatic carbocycles. The summed E-state index contributed by atoms with van der Waals surface area (Å²) in [5, 5.41) is 0. The first-order chi connectivity index (χ1) is 13.5. The summed E-state index contributed by atoms with van der Waals surface area (Å²) < 4.78 is 39.9. The molecule has 7 nitrogen and oxygen atoms in total. The Morgan fingerprint density at radius 3 is 2.61 bits per heavy atom. The van der Waals surface area contributed by atoms with Crippen LogP contribution < -0.4 is 9.47 Å². The number of nitrogens with zero attached hydrogens (tertiary/aromatic N) is 1. The van der Waals surface area contributed by atoms with Gasteiger partial charge in [0.05, 0.1) is 27.4 Å². The quantitative estimate of drug-likeness (QED) is 0.684. The topological polar surface area (TPSA) is 66.5 Å². The molecule has 2 aliphatic heterocycles. The Kier molecular flexibility index (Phi) is 5.45. The minimum Gasteiger partial charge on any atom is -0.493 e. The van der Waals surface area contributed by atoms with Gasteiger partial charge in [-0.05, 0) is 56.6 Å². The summed E-state index contributed by atoms with van der Waals surface area (Å²) in [5.41, 5.74) is 1.19. The zero-order valence-electron chi connectivity index (χ0n) is 16.7. The number of rotatable bonds is 5. The molecule has 4 rings (SSSR count). The molecule has 0 aromatic heterocycles. The number of methoxy groups -OCH3 is 2. The van der Waals surface area contributed by atoms with Gasteiger partial charge in [-0.1, -0.05) is 6.07 Å². The van der Waals surface area contributed by atoms with E-state index in [2.05, 4.69) is 30.2 Å². The summed E-state index contributed by atoms with van der Waals surface area (Å²) in [6, 6.07) is 6.32. The lowest BCUT2D eigenvalue weighted by Gasteiger charge is -2.40. The van der Waals surface area contributed by atoms with Gasteiger partial charge in [-0.25, -0.2) is 4.57 Å². The predicted molar refractivity (Wildman–Crippen MR) is 105 cm³/mol. The van der Waals surface area contributed by atoms with Crippen LogP contribution in [0.4, 0.5) is 0 Å². The van der Waals surface area contributed by atoms with Crippen molar-refractivity contribution in [1.29, 1.82) is 0 Å². The molecule has 2 fully saturated rings. The third-order valence-corrected chi connectivity index (χ3v) is 7.54. The molecule has 154 valence electrons. The fraction of sp³-hybridized carbons (Fsp3) is 0.600. The van der Waals surface area contributed by atoms with E-state index < -0.39 is 7.82 Å². The molecule has 0 radical (unpaired) electrons. The van der Waals surface area contributed by atoms with E-state index in [1.807, 2.05) is 6.07 Å². The lowest BCUT2D eigenvalue weighted by Crippen LogP contribution is -2.42. The van der Waals surface area contributed by atoms with Crippen LogP contribution in [0.15, 0.2) is 30.0 Å². The number of likely N-dealkylation sites (N-methyl/N-ethyl adjacent to an activating group) is 1. The van der Waals surface area contributed by atoms with Crippen LogP contribution in [0.2, 0.25) is 0 Å². The number of likely N-dealkylation sites (tertiary alicyclic amines) is 1. The summed E-state index contributed by atoms with van der Waals surface area (Å²) in [6.07, 6.45) is 5.45. The number of hydrogen-bond acceptors (Lipinski definition) is 7. The second kappa shape index (κ2) is 7.71. The number of hydrogen-bond donors (Lipinski definition) is 0. The zero-order valence-corrected chi connectivity index (χ0v) is 17.6. The Balaban J connectivity index is 1.64. The van der Waals surface area contributed by atoms with Gasteiger partial charge in [-0.2, -0.15) is 0 Å². The number of ether oxygens (including phenoxy) is 2. The molecule has 0 bridgehead atoms. The first-order valence-electron chi connectivity index (χ1n) is 9.72. The maximum Gasteiger partial charge on any atom is 0.529 e. The molecule has 0 spiro atoms. The maximum absolute atomic E-state index is 12.6. The number of fused-ring (bicyclic) bond motifs is 1. The Bertz CT molecular complexity index is 802. The number of allylic oxidation sites excluding steroid dienone is 1. The van der Waals surface area contributed by atoms with Gasteiger partial charge in [0, 0.05) is 17.9 Å². The van der Waals surface area contributed by atoms with Crippen LogP contribution in [0.25, 0.3) is 0 Å². The Morgan fingerprint density at radius 1 is 1.14 bits per heavy atom. The van der Waals surface area contributed by atoms with E-state index in [-0.39, 0.29) is 11.5 Å². The summed E-state index contributed by atoms with van der Waals surface area (Å²) in [5.74, 6) is 2.16. The first-order valence-corrected chi connectivity index (χ1v) is 11.2. The molecule has 0 N–H and O–H groups in total. The molecular formula is C20H28NO6P. The van der Waals surface area contributed by atoms with E-state index in [1.165, 1.54) is 5.56 Å². The van der Waals surface area contributed by atoms with E-state index in [0.717, 1.165) is 37.3 Å². The van der Waals surface area contributed by atoms with Crippen LogP contribution in [0.5, 0.6) is 11.5 Å². The Hall–Kier alpha value is -1.53. The van der Waals surface area contributed by atoms with E-state index >= 15 is 0 Å². The smallest absolute Gasteiger partial charge is 0.493 e. The van der Waals surface area contributed by atoms with Crippen molar-refractivity contribution in [3.05, 3.63) is 35.6 Å². The monoisotopic (exact) mass is 409 g/mol. The van der Waals surface area contributed by atoms with Crippen LogP contribution in [0.3, 0.4) is 0 Å². The minimum absolute atomic E-state index is 0.0378. The first kappa shape index (κ1) is 19.8. The Labute approximate surface area is 166 Å². The van der Waals surface area contributed by atoms with Crippen molar-refractivity contribution < 1.29 is 27.6 Å². The molecule has 1 aliphatic carbocycles. The molecule has 28 heavy (non-hydrogen) atoms. The van der Waals surface area contributed by atoms with Crippen molar-refractivity contribution in [2.75, 3.05) is 41.0 Å². The van der Waals surface area contributed by atoms with Gasteiger partial charge in [0.25, 0.3) is 0 Å². The highest BCUT2D eigenvalue weighted by Gasteiger charge is 2.49. The fourth-order valence-electron chi connectivity index (χ4n) is 4.58. The summed E-state index contributed by atoms with van der Waals surface area (Å²) in [7, 11) is 1.94. The standard InChI is InChI=1S/C20H28NO6P/c1-21-10-9-20(15-5-6-17(23-2)18(13-15)24-3)8-7-16(14-19(20)21)27-28(22)25-11-4-12-26-28/h5-6,13-14,19H,4,7-12H2,1-3H3/t19-,20-/m0/s1. The van der Waals surface area contributed by atoms with Gasteiger partial charge < -0.3 is 14.0 Å². The van der Waals surface area contributed by atoms with Crippen molar-refractivity contribution in [2.45, 2.75) is 37.1 Å². The zero-order chi connectivity index (χ0) is 19.8. The molecule has 0 saturated carbocycles. The number of phosphoric ester groups is 1. The SMILES string of the molecule is COc1ccc([C@@]23CCC(OP4(=O)OCCCO4)=C[C@@H]2N(C)CC3)cc1OC. The van der Waals surface area contributed by atoms with Crippen molar-refractivity contribution >= 4 is 7.82 Å². The van der Waals surface area contributed by atoms with E-state index in [4.69, 9.17) is 23.0 Å². The average molecular weight is 409 g/mol. The van der Waals surface area contributed by atoms with Crippen molar-refractivity contribution in [3.8, 4) is 11.5 Å². The third kappa shape index (κ3) is 3.45. The summed E-state index contributed by atoms with van der Waals surface area (Å²) in [4.78, 5) is 2.32. The van der Waals surface area contributed by atoms with E-state index in [0.29, 0.717) is 25.4 Å². The van der Waals surface area contributed by atoms with Crippen molar-refractivity contribution in [1.82, 2.24) is 4.90 Å². The molecule has 0 amide bonds. The van der Waals surface area contributed by atoms with Crippen molar-refractivity contribution in [3.63, 3.8) is 0 Å². The van der Waals surface area contributed by atoms with Crippen LogP contribution in [-0.4, -0.2) is 52.0 Å². The normalized spacial score (nSPS) is 29.7. The van der Waals surface area contributed by atoms with E-state index in [1.54, 1.807) is 14.2 Å². The number of benzene rings is 1. The summed E-state index contributed by atoms with van der Waals surface area (Å²) >= 11 is 0. The molecule has 1 aromatic rings. The highest BCUT2D eigenvalue weighted by Crippen LogP contribution is 2.56. The van der Waals surface area contributed by atoms with Gasteiger partial charge in [0.1, 0.15) is 5.76 Å². The largest absolute Gasteiger partial charge is 0.529 e. The summed E-state index contributed by atoms with van der Waals surface area (Å²) in [6.45, 7) is 1.79. The minimum atomic E-state index is -3.48. The molecule has 3 aliphatic rings. The molecule has 8 heteroatoms. The second-order valence-corrected chi connectivity index (χ2v) is 9.19. The van der Waals surface area contributed by atoms with E-state index in [9.17, 15) is 4.57 Å². The maximum atomic E-state index is 12.6. The van der Waals surface area contributed by atoms with Crippen LogP contribution in [0, 0.1) is 0 Å². The highest BCUT2D eigenvalue weighted by atomic mass is 31.2. The molecule has 2 atom stereocenters. The average Bonchev–Trinajstić information content (AvgIpc) is 3.05. The highest BCUT2D eigenvalue weighted by molar-refractivity contribution is 7.48.